The van der Waals surface area contributed by atoms with Gasteiger partial charge < -0.3 is 0 Å². The summed E-state index contributed by atoms with van der Waals surface area (Å²) < 4.78 is 1.50. The summed E-state index contributed by atoms with van der Waals surface area (Å²) in [5.41, 5.74) is 3.38. The quantitative estimate of drug-likeness (QED) is 0.668. The van der Waals surface area contributed by atoms with Gasteiger partial charge in [0.05, 0.1) is 0 Å². The van der Waals surface area contributed by atoms with E-state index in [1.807, 2.05) is 0 Å². The van der Waals surface area contributed by atoms with Crippen molar-refractivity contribution >= 4 is 22.6 Å². The van der Waals surface area contributed by atoms with Crippen molar-refractivity contribution in [1.82, 2.24) is 0 Å². The van der Waals surface area contributed by atoms with Crippen LogP contribution in [-0.2, 0) is 0 Å². The molecule has 0 radical (unpaired) electrons. The minimum Gasteiger partial charge on any atom is -0.0625 e. The van der Waals surface area contributed by atoms with Crippen molar-refractivity contribution in [3.63, 3.8) is 0 Å². The number of rotatable bonds is 1. The second-order valence-electron chi connectivity index (χ2n) is 5.35. The molecule has 0 nitrogen and oxygen atoms in total. The first-order valence-electron chi connectivity index (χ1n) is 5.98. The van der Waals surface area contributed by atoms with Crippen LogP contribution in [0, 0.1) is 15.4 Å². The molecule has 3 unspecified atom stereocenters. The molecule has 2 aliphatic rings. The van der Waals surface area contributed by atoms with Crippen LogP contribution >= 0.6 is 22.6 Å². The van der Waals surface area contributed by atoms with Crippen LogP contribution in [0.4, 0.5) is 0 Å². The highest BCUT2D eigenvalue weighted by atomic mass is 127. The average Bonchev–Trinajstić information content (AvgIpc) is 2.73. The van der Waals surface area contributed by atoms with Gasteiger partial charge in [-0.2, -0.15) is 0 Å². The van der Waals surface area contributed by atoms with E-state index in [0.717, 1.165) is 23.7 Å². The average molecular weight is 312 g/mol. The lowest BCUT2D eigenvalue weighted by molar-refractivity contribution is 0.352. The molecule has 1 aromatic carbocycles. The second kappa shape index (κ2) is 3.47. The van der Waals surface area contributed by atoms with Crippen molar-refractivity contribution in [2.75, 3.05) is 0 Å². The molecular formula is C14H17I. The fourth-order valence-corrected chi connectivity index (χ4v) is 4.84. The molecule has 1 aromatic rings. The van der Waals surface area contributed by atoms with Crippen LogP contribution in [0.25, 0.3) is 0 Å². The lowest BCUT2D eigenvalue weighted by atomic mass is 9.85. The Labute approximate surface area is 106 Å². The number of hydrogen-bond donors (Lipinski definition) is 0. The summed E-state index contributed by atoms with van der Waals surface area (Å²) in [4.78, 5) is 0. The van der Waals surface area contributed by atoms with Gasteiger partial charge in [0.25, 0.3) is 0 Å². The van der Waals surface area contributed by atoms with Gasteiger partial charge in [0.2, 0.25) is 0 Å². The Kier molecular flexibility index (Phi) is 2.35. The maximum atomic E-state index is 2.52. The van der Waals surface area contributed by atoms with Crippen LogP contribution in [0.5, 0.6) is 0 Å². The van der Waals surface area contributed by atoms with Crippen molar-refractivity contribution in [2.24, 2.45) is 11.8 Å². The monoisotopic (exact) mass is 312 g/mol. The van der Waals surface area contributed by atoms with Gasteiger partial charge in [-0.05, 0) is 76.3 Å². The second-order valence-corrected chi connectivity index (χ2v) is 6.52. The van der Waals surface area contributed by atoms with Crippen molar-refractivity contribution in [2.45, 2.75) is 38.5 Å². The molecule has 15 heavy (non-hydrogen) atoms. The van der Waals surface area contributed by atoms with E-state index in [4.69, 9.17) is 0 Å². The van der Waals surface area contributed by atoms with Crippen LogP contribution in [-0.4, -0.2) is 0 Å². The number of fused-ring (bicyclic) bond motifs is 5. The van der Waals surface area contributed by atoms with E-state index in [9.17, 15) is 0 Å². The third-order valence-corrected chi connectivity index (χ3v) is 5.29. The van der Waals surface area contributed by atoms with E-state index in [1.54, 1.807) is 11.1 Å². The Morgan fingerprint density at radius 1 is 1.20 bits per heavy atom. The first-order valence-corrected chi connectivity index (χ1v) is 7.06. The van der Waals surface area contributed by atoms with Crippen LogP contribution < -0.4 is 0 Å². The fourth-order valence-electron chi connectivity index (χ4n) is 3.92. The highest BCUT2D eigenvalue weighted by Crippen LogP contribution is 2.60. The smallest absolute Gasteiger partial charge is 0.0168 e. The Hall–Kier alpha value is -0.0500. The summed E-state index contributed by atoms with van der Waals surface area (Å²) in [5.74, 6) is 3.51. The molecular weight excluding hydrogens is 295 g/mol. The zero-order valence-corrected chi connectivity index (χ0v) is 11.5. The first kappa shape index (κ1) is 10.1. The van der Waals surface area contributed by atoms with E-state index in [1.165, 1.54) is 16.4 Å². The molecule has 0 amide bonds. The van der Waals surface area contributed by atoms with E-state index in [0.29, 0.717) is 0 Å². The molecule has 0 spiro atoms. The van der Waals surface area contributed by atoms with Crippen LogP contribution in [0.1, 0.15) is 49.7 Å². The van der Waals surface area contributed by atoms with Gasteiger partial charge in [-0.25, -0.2) is 0 Å². The largest absolute Gasteiger partial charge is 0.0625 e. The molecule has 1 heteroatoms. The topological polar surface area (TPSA) is 0 Å². The summed E-state index contributed by atoms with van der Waals surface area (Å²) in [7, 11) is 0. The third-order valence-electron chi connectivity index (χ3n) is 4.34. The molecule has 0 aromatic heterocycles. The number of halogens is 1. The maximum Gasteiger partial charge on any atom is 0.0168 e. The molecule has 80 valence electrons. The normalized spacial score (nSPS) is 32.4. The molecule has 2 aliphatic carbocycles. The van der Waals surface area contributed by atoms with E-state index in [2.05, 4.69) is 54.6 Å². The van der Waals surface area contributed by atoms with Gasteiger partial charge in [0, 0.05) is 3.57 Å². The van der Waals surface area contributed by atoms with E-state index < -0.39 is 0 Å². The van der Waals surface area contributed by atoms with Gasteiger partial charge >= 0.3 is 0 Å². The Bertz CT molecular complexity index is 394. The minimum absolute atomic E-state index is 0.839. The lowest BCUT2D eigenvalue weighted by Gasteiger charge is -2.20. The molecule has 3 rings (SSSR count). The lowest BCUT2D eigenvalue weighted by Crippen LogP contribution is -2.11. The third kappa shape index (κ3) is 1.31. The van der Waals surface area contributed by atoms with Crippen LogP contribution in [0.15, 0.2) is 18.2 Å². The summed E-state index contributed by atoms with van der Waals surface area (Å²) in [6.07, 6.45) is 2.86. The molecule has 0 aliphatic heterocycles. The predicted octanol–water partition coefficient (Wildman–Crippen LogP) is 4.54. The molecule has 3 atom stereocenters. The Morgan fingerprint density at radius 2 is 1.93 bits per heavy atom. The molecule has 0 saturated heterocycles. The van der Waals surface area contributed by atoms with E-state index in [-0.39, 0.29) is 0 Å². The standard InChI is InChI=1S/C14H17I/c1-8(2)13-10-6-7-11(13)14-9(10)4-3-5-12(14)15/h3-5,8,10-11,13H,6-7H2,1-2H3. The molecule has 1 fully saturated rings. The van der Waals surface area contributed by atoms with Gasteiger partial charge in [0.1, 0.15) is 0 Å². The molecule has 0 heterocycles. The summed E-state index contributed by atoms with van der Waals surface area (Å²) in [6, 6.07) is 6.88. The summed E-state index contributed by atoms with van der Waals surface area (Å²) >= 11 is 2.52. The van der Waals surface area contributed by atoms with Crippen molar-refractivity contribution in [3.05, 3.63) is 32.9 Å². The maximum absolute atomic E-state index is 2.52. The van der Waals surface area contributed by atoms with Crippen molar-refractivity contribution in [1.29, 1.82) is 0 Å². The summed E-state index contributed by atoms with van der Waals surface area (Å²) in [6.45, 7) is 4.80. The van der Waals surface area contributed by atoms with Gasteiger partial charge in [-0.15, -0.1) is 0 Å². The predicted molar refractivity (Wildman–Crippen MR) is 72.2 cm³/mol. The Morgan fingerprint density at radius 3 is 2.60 bits per heavy atom. The van der Waals surface area contributed by atoms with Gasteiger partial charge in [0.15, 0.2) is 0 Å². The van der Waals surface area contributed by atoms with Gasteiger partial charge in [-0.1, -0.05) is 26.0 Å². The molecule has 0 N–H and O–H groups in total. The van der Waals surface area contributed by atoms with Crippen LogP contribution in [0.2, 0.25) is 0 Å². The zero-order chi connectivity index (χ0) is 10.6. The minimum atomic E-state index is 0.839. The van der Waals surface area contributed by atoms with Crippen molar-refractivity contribution < 1.29 is 0 Å². The van der Waals surface area contributed by atoms with E-state index >= 15 is 0 Å². The molecule has 2 bridgehead atoms. The highest BCUT2D eigenvalue weighted by Gasteiger charge is 2.47. The van der Waals surface area contributed by atoms with Crippen molar-refractivity contribution in [3.8, 4) is 0 Å². The number of benzene rings is 1. The highest BCUT2D eigenvalue weighted by molar-refractivity contribution is 14.1. The van der Waals surface area contributed by atoms with Crippen LogP contribution in [0.3, 0.4) is 0 Å². The van der Waals surface area contributed by atoms with Gasteiger partial charge in [-0.3, -0.25) is 0 Å². The Balaban J connectivity index is 2.13. The SMILES string of the molecule is CC(C)C1C2CCC1c1c(I)cccc12. The number of hydrogen-bond acceptors (Lipinski definition) is 0. The summed E-state index contributed by atoms with van der Waals surface area (Å²) in [5, 5.41) is 0. The first-order chi connectivity index (χ1) is 7.20. The zero-order valence-electron chi connectivity index (χ0n) is 9.33. The fraction of sp³-hybridized carbons (Fsp3) is 0.571. The molecule has 1 saturated carbocycles.